The maximum atomic E-state index is 11.9. The number of carbonyl (C=O) groups is 2. The Morgan fingerprint density at radius 1 is 1.42 bits per heavy atom. The normalized spacial score (nSPS) is 17.0. The van der Waals surface area contributed by atoms with Gasteiger partial charge in [0.1, 0.15) is 12.4 Å². The average Bonchev–Trinajstić information content (AvgIpc) is 2.46. The summed E-state index contributed by atoms with van der Waals surface area (Å²) in [6.07, 6.45) is 0.854. The smallest absolute Gasteiger partial charge is 0.307 e. The number of methoxy groups -OCH3 is 1. The van der Waals surface area contributed by atoms with Crippen molar-refractivity contribution in [1.29, 1.82) is 0 Å². The summed E-state index contributed by atoms with van der Waals surface area (Å²) in [5, 5.41) is 2.73. The molecule has 1 unspecified atom stereocenters. The molecule has 0 saturated carbocycles. The number of amides is 1. The van der Waals surface area contributed by atoms with Gasteiger partial charge in [0.2, 0.25) is 5.91 Å². The molecule has 1 atom stereocenters. The summed E-state index contributed by atoms with van der Waals surface area (Å²) in [5.74, 6) is 0.234. The van der Waals surface area contributed by atoms with Crippen LogP contribution in [0.2, 0.25) is 0 Å². The number of benzene rings is 1. The SMILES string of the molecule is COC(=O)CCNC(=O)C1COc2ccccc2C1. The molecule has 102 valence electrons. The molecular weight excluding hydrogens is 246 g/mol. The van der Waals surface area contributed by atoms with Crippen molar-refractivity contribution in [3.05, 3.63) is 29.8 Å². The second-order valence-corrected chi connectivity index (χ2v) is 4.44. The van der Waals surface area contributed by atoms with Gasteiger partial charge in [-0.1, -0.05) is 18.2 Å². The zero-order valence-electron chi connectivity index (χ0n) is 10.8. The largest absolute Gasteiger partial charge is 0.492 e. The molecule has 0 bridgehead atoms. The number of nitrogens with one attached hydrogen (secondary N) is 1. The van der Waals surface area contributed by atoms with E-state index in [1.165, 1.54) is 7.11 Å². The summed E-state index contributed by atoms with van der Waals surface area (Å²) in [4.78, 5) is 22.9. The molecule has 0 aliphatic carbocycles. The van der Waals surface area contributed by atoms with E-state index in [0.29, 0.717) is 19.6 Å². The van der Waals surface area contributed by atoms with Crippen molar-refractivity contribution in [2.75, 3.05) is 20.3 Å². The van der Waals surface area contributed by atoms with Crippen LogP contribution in [0.4, 0.5) is 0 Å². The standard InChI is InChI=1S/C14H17NO4/c1-18-13(16)6-7-15-14(17)11-8-10-4-2-3-5-12(10)19-9-11/h2-5,11H,6-9H2,1H3,(H,15,17). The molecule has 0 saturated heterocycles. The van der Waals surface area contributed by atoms with Crippen LogP contribution in [0.1, 0.15) is 12.0 Å². The highest BCUT2D eigenvalue weighted by Crippen LogP contribution is 2.26. The predicted octanol–water partition coefficient (Wildman–Crippen LogP) is 0.917. The molecule has 0 fully saturated rings. The molecule has 1 aliphatic rings. The molecule has 5 heteroatoms. The first-order valence-corrected chi connectivity index (χ1v) is 6.26. The molecule has 19 heavy (non-hydrogen) atoms. The topological polar surface area (TPSA) is 64.6 Å². The lowest BCUT2D eigenvalue weighted by Gasteiger charge is -2.24. The van der Waals surface area contributed by atoms with E-state index in [2.05, 4.69) is 10.1 Å². The maximum absolute atomic E-state index is 11.9. The Hall–Kier alpha value is -2.04. The number of fused-ring (bicyclic) bond motifs is 1. The molecule has 2 rings (SSSR count). The minimum atomic E-state index is -0.328. The van der Waals surface area contributed by atoms with Gasteiger partial charge in [0.25, 0.3) is 0 Å². The highest BCUT2D eigenvalue weighted by atomic mass is 16.5. The van der Waals surface area contributed by atoms with E-state index in [1.54, 1.807) is 0 Å². The Labute approximate surface area is 111 Å². The molecule has 1 N–H and O–H groups in total. The number of hydrogen-bond donors (Lipinski definition) is 1. The third-order valence-electron chi connectivity index (χ3n) is 3.11. The van der Waals surface area contributed by atoms with Crippen LogP contribution in [0.25, 0.3) is 0 Å². The van der Waals surface area contributed by atoms with Crippen molar-refractivity contribution in [3.63, 3.8) is 0 Å². The summed E-state index contributed by atoms with van der Waals surface area (Å²) >= 11 is 0. The summed E-state index contributed by atoms with van der Waals surface area (Å²) in [6, 6.07) is 7.71. The maximum Gasteiger partial charge on any atom is 0.307 e. The number of rotatable bonds is 4. The fraction of sp³-hybridized carbons (Fsp3) is 0.429. The Kier molecular flexibility index (Phi) is 4.39. The third kappa shape index (κ3) is 3.47. The second kappa shape index (κ2) is 6.22. The van der Waals surface area contributed by atoms with Crippen LogP contribution in [-0.4, -0.2) is 32.1 Å². The lowest BCUT2D eigenvalue weighted by molar-refractivity contribution is -0.140. The van der Waals surface area contributed by atoms with Crippen LogP contribution in [0.15, 0.2) is 24.3 Å². The number of hydrogen-bond acceptors (Lipinski definition) is 4. The van der Waals surface area contributed by atoms with Gasteiger partial charge in [0.15, 0.2) is 0 Å². The predicted molar refractivity (Wildman–Crippen MR) is 68.8 cm³/mol. The highest BCUT2D eigenvalue weighted by Gasteiger charge is 2.25. The van der Waals surface area contributed by atoms with E-state index < -0.39 is 0 Å². The molecule has 5 nitrogen and oxygen atoms in total. The summed E-state index contributed by atoms with van der Waals surface area (Å²) < 4.78 is 10.1. The van der Waals surface area contributed by atoms with Gasteiger partial charge in [-0.2, -0.15) is 0 Å². The summed E-state index contributed by atoms with van der Waals surface area (Å²) in [6.45, 7) is 0.671. The summed E-state index contributed by atoms with van der Waals surface area (Å²) in [5.41, 5.74) is 1.04. The fourth-order valence-corrected chi connectivity index (χ4v) is 2.03. The monoisotopic (exact) mass is 263 g/mol. The van der Waals surface area contributed by atoms with Crippen LogP contribution >= 0.6 is 0 Å². The first-order valence-electron chi connectivity index (χ1n) is 6.26. The molecule has 1 heterocycles. The van der Waals surface area contributed by atoms with E-state index in [9.17, 15) is 9.59 Å². The van der Waals surface area contributed by atoms with E-state index in [-0.39, 0.29) is 24.2 Å². The van der Waals surface area contributed by atoms with Gasteiger partial charge in [-0.3, -0.25) is 9.59 Å². The van der Waals surface area contributed by atoms with Crippen LogP contribution in [0, 0.1) is 5.92 Å². The highest BCUT2D eigenvalue weighted by molar-refractivity contribution is 5.80. The van der Waals surface area contributed by atoms with Crippen LogP contribution < -0.4 is 10.1 Å². The number of para-hydroxylation sites is 1. The quantitative estimate of drug-likeness (QED) is 0.820. The first-order chi connectivity index (χ1) is 9.20. The van der Waals surface area contributed by atoms with Crippen molar-refractivity contribution in [1.82, 2.24) is 5.32 Å². The molecule has 1 aromatic carbocycles. The first kappa shape index (κ1) is 13.4. The van der Waals surface area contributed by atoms with Crippen LogP contribution in [0.5, 0.6) is 5.75 Å². The molecule has 0 spiro atoms. The van der Waals surface area contributed by atoms with Crippen molar-refractivity contribution < 1.29 is 19.1 Å². The van der Waals surface area contributed by atoms with Crippen molar-refractivity contribution >= 4 is 11.9 Å². The molecule has 1 aromatic rings. The van der Waals surface area contributed by atoms with Crippen LogP contribution in [0.3, 0.4) is 0 Å². The van der Waals surface area contributed by atoms with E-state index in [4.69, 9.17) is 4.74 Å². The Balaban J connectivity index is 1.83. The number of esters is 1. The Bertz CT molecular complexity index is 472. The van der Waals surface area contributed by atoms with Gasteiger partial charge in [0, 0.05) is 6.54 Å². The minimum absolute atomic E-state index is 0.0848. The van der Waals surface area contributed by atoms with Crippen molar-refractivity contribution in [2.45, 2.75) is 12.8 Å². The van der Waals surface area contributed by atoms with Gasteiger partial charge >= 0.3 is 5.97 Å². The van der Waals surface area contributed by atoms with Gasteiger partial charge in [-0.15, -0.1) is 0 Å². The fourth-order valence-electron chi connectivity index (χ4n) is 2.03. The molecule has 0 radical (unpaired) electrons. The third-order valence-corrected chi connectivity index (χ3v) is 3.11. The summed E-state index contributed by atoms with van der Waals surface area (Å²) in [7, 11) is 1.33. The molecule has 1 amide bonds. The molecule has 0 aromatic heterocycles. The zero-order chi connectivity index (χ0) is 13.7. The number of ether oxygens (including phenoxy) is 2. The van der Waals surface area contributed by atoms with Gasteiger partial charge in [0.05, 0.1) is 19.4 Å². The van der Waals surface area contributed by atoms with Crippen molar-refractivity contribution in [3.8, 4) is 5.75 Å². The van der Waals surface area contributed by atoms with E-state index in [1.807, 2.05) is 24.3 Å². The van der Waals surface area contributed by atoms with Gasteiger partial charge < -0.3 is 14.8 Å². The lowest BCUT2D eigenvalue weighted by atomic mass is 9.96. The zero-order valence-corrected chi connectivity index (χ0v) is 10.8. The van der Waals surface area contributed by atoms with Crippen molar-refractivity contribution in [2.24, 2.45) is 5.92 Å². The van der Waals surface area contributed by atoms with E-state index in [0.717, 1.165) is 11.3 Å². The Morgan fingerprint density at radius 3 is 3.00 bits per heavy atom. The average molecular weight is 263 g/mol. The van der Waals surface area contributed by atoms with Crippen LogP contribution in [-0.2, 0) is 20.7 Å². The van der Waals surface area contributed by atoms with E-state index >= 15 is 0 Å². The molecular formula is C14H17NO4. The van der Waals surface area contributed by atoms with Gasteiger partial charge in [-0.05, 0) is 18.1 Å². The minimum Gasteiger partial charge on any atom is -0.492 e. The second-order valence-electron chi connectivity index (χ2n) is 4.44. The van der Waals surface area contributed by atoms with Gasteiger partial charge in [-0.25, -0.2) is 0 Å². The lowest BCUT2D eigenvalue weighted by Crippen LogP contribution is -2.38. The number of carbonyl (C=O) groups excluding carboxylic acids is 2. The Morgan fingerprint density at radius 2 is 2.21 bits per heavy atom. The molecule has 1 aliphatic heterocycles.